The van der Waals surface area contributed by atoms with Crippen molar-refractivity contribution < 1.29 is 4.79 Å². The van der Waals surface area contributed by atoms with Crippen LogP contribution in [0, 0.1) is 10.8 Å². The van der Waals surface area contributed by atoms with Gasteiger partial charge in [0.2, 0.25) is 5.91 Å². The van der Waals surface area contributed by atoms with Gasteiger partial charge in [-0.25, -0.2) is 0 Å². The molecule has 15 heavy (non-hydrogen) atoms. The maximum Gasteiger partial charge on any atom is 0.239 e. The van der Waals surface area contributed by atoms with Gasteiger partial charge in [0, 0.05) is 13.6 Å². The van der Waals surface area contributed by atoms with Gasteiger partial charge in [-0.1, -0.05) is 41.5 Å². The molecule has 3 heteroatoms. The Balaban J connectivity index is 4.47. The monoisotopic (exact) mass is 214 g/mol. The number of carbonyl (C=O) groups excluding carboxylic acids is 1. The molecule has 1 amide bonds. The minimum atomic E-state index is -0.426. The van der Waals surface area contributed by atoms with Gasteiger partial charge in [-0.05, 0) is 10.8 Å². The fraction of sp³-hybridized carbons (Fsp3) is 0.917. The van der Waals surface area contributed by atoms with Crippen LogP contribution in [0.25, 0.3) is 0 Å². The lowest BCUT2D eigenvalue weighted by atomic mass is 9.86. The average molecular weight is 214 g/mol. The molecule has 0 aromatic heterocycles. The van der Waals surface area contributed by atoms with Crippen molar-refractivity contribution in [2.75, 3.05) is 13.6 Å². The predicted molar refractivity (Wildman–Crippen MR) is 64.5 cm³/mol. The molecule has 0 bridgehead atoms. The summed E-state index contributed by atoms with van der Waals surface area (Å²) in [5.74, 6) is 0.0254. The molecule has 90 valence electrons. The average Bonchev–Trinajstić information content (AvgIpc) is 1.96. The molecule has 0 aromatic carbocycles. The Labute approximate surface area is 94.0 Å². The Morgan fingerprint density at radius 3 is 1.87 bits per heavy atom. The third-order valence-electron chi connectivity index (χ3n) is 2.29. The molecule has 0 fully saturated rings. The first-order valence-electron chi connectivity index (χ1n) is 5.46. The van der Waals surface area contributed by atoms with Gasteiger partial charge in [0.05, 0.1) is 6.04 Å². The summed E-state index contributed by atoms with van der Waals surface area (Å²) in [7, 11) is 1.82. The van der Waals surface area contributed by atoms with Gasteiger partial charge in [0.15, 0.2) is 0 Å². The SMILES string of the molecule is CN(CC(C)(C)C)C(=O)[C@H](N)C(C)(C)C. The van der Waals surface area contributed by atoms with Crippen LogP contribution >= 0.6 is 0 Å². The maximum absolute atomic E-state index is 12.0. The van der Waals surface area contributed by atoms with Gasteiger partial charge in [0.1, 0.15) is 0 Å². The van der Waals surface area contributed by atoms with E-state index in [1.165, 1.54) is 0 Å². The van der Waals surface area contributed by atoms with Gasteiger partial charge >= 0.3 is 0 Å². The minimum Gasteiger partial charge on any atom is -0.344 e. The maximum atomic E-state index is 12.0. The summed E-state index contributed by atoms with van der Waals surface area (Å²) in [6.07, 6.45) is 0. The molecular weight excluding hydrogens is 188 g/mol. The van der Waals surface area contributed by atoms with Crippen molar-refractivity contribution in [1.82, 2.24) is 4.90 Å². The zero-order valence-electron chi connectivity index (χ0n) is 11.2. The first-order valence-corrected chi connectivity index (χ1v) is 5.46. The number of carbonyl (C=O) groups is 1. The van der Waals surface area contributed by atoms with E-state index in [9.17, 15) is 4.79 Å². The zero-order chi connectivity index (χ0) is 12.4. The highest BCUT2D eigenvalue weighted by molar-refractivity contribution is 5.82. The highest BCUT2D eigenvalue weighted by atomic mass is 16.2. The Bertz CT molecular complexity index is 223. The topological polar surface area (TPSA) is 46.3 Å². The second kappa shape index (κ2) is 4.52. The third-order valence-corrected chi connectivity index (χ3v) is 2.29. The van der Waals surface area contributed by atoms with Crippen molar-refractivity contribution in [3.8, 4) is 0 Å². The molecule has 0 aliphatic rings. The highest BCUT2D eigenvalue weighted by Gasteiger charge is 2.30. The predicted octanol–water partition coefficient (Wildman–Crippen LogP) is 1.86. The molecule has 0 aliphatic heterocycles. The fourth-order valence-electron chi connectivity index (χ4n) is 1.40. The van der Waals surface area contributed by atoms with Crippen molar-refractivity contribution in [3.63, 3.8) is 0 Å². The Morgan fingerprint density at radius 2 is 1.60 bits per heavy atom. The van der Waals surface area contributed by atoms with Crippen LogP contribution in [0.15, 0.2) is 0 Å². The van der Waals surface area contributed by atoms with Crippen LogP contribution in [0.5, 0.6) is 0 Å². The molecule has 0 saturated heterocycles. The molecule has 1 atom stereocenters. The van der Waals surface area contributed by atoms with Crippen LogP contribution < -0.4 is 5.73 Å². The highest BCUT2D eigenvalue weighted by Crippen LogP contribution is 2.20. The second-order valence-electron chi connectivity index (χ2n) is 6.60. The van der Waals surface area contributed by atoms with Gasteiger partial charge in [0.25, 0.3) is 0 Å². The van der Waals surface area contributed by atoms with Crippen LogP contribution in [-0.2, 0) is 4.79 Å². The molecule has 0 aromatic rings. The summed E-state index contributed by atoms with van der Waals surface area (Å²) < 4.78 is 0. The number of likely N-dealkylation sites (N-methyl/N-ethyl adjacent to an activating group) is 1. The lowest BCUT2D eigenvalue weighted by Gasteiger charge is -2.33. The summed E-state index contributed by atoms with van der Waals surface area (Å²) >= 11 is 0. The van der Waals surface area contributed by atoms with Gasteiger partial charge in [-0.2, -0.15) is 0 Å². The van der Waals surface area contributed by atoms with E-state index in [0.717, 1.165) is 6.54 Å². The van der Waals surface area contributed by atoms with Crippen LogP contribution in [0.1, 0.15) is 41.5 Å². The van der Waals surface area contributed by atoms with Crippen LogP contribution in [0.3, 0.4) is 0 Å². The molecule has 0 saturated carbocycles. The van der Waals surface area contributed by atoms with Crippen LogP contribution in [0.4, 0.5) is 0 Å². The fourth-order valence-corrected chi connectivity index (χ4v) is 1.40. The van der Waals surface area contributed by atoms with E-state index in [2.05, 4.69) is 20.8 Å². The first kappa shape index (κ1) is 14.4. The number of hydrogen-bond acceptors (Lipinski definition) is 2. The molecule has 0 radical (unpaired) electrons. The third kappa shape index (κ3) is 5.17. The normalized spacial score (nSPS) is 14.9. The lowest BCUT2D eigenvalue weighted by Crippen LogP contribution is -2.50. The summed E-state index contributed by atoms with van der Waals surface area (Å²) in [5, 5.41) is 0. The number of nitrogens with zero attached hydrogens (tertiary/aromatic N) is 1. The molecule has 0 spiro atoms. The Hall–Kier alpha value is -0.570. The second-order valence-corrected chi connectivity index (χ2v) is 6.60. The molecule has 2 N–H and O–H groups in total. The summed E-state index contributed by atoms with van der Waals surface area (Å²) in [6, 6.07) is -0.426. The molecule has 0 aliphatic carbocycles. The standard InChI is InChI=1S/C12H26N2O/c1-11(2,3)8-14(7)10(15)9(13)12(4,5)6/h9H,8,13H2,1-7H3/t9-/m0/s1. The van der Waals surface area contributed by atoms with E-state index in [1.807, 2.05) is 27.8 Å². The number of amides is 1. The zero-order valence-corrected chi connectivity index (χ0v) is 11.2. The van der Waals surface area contributed by atoms with Crippen molar-refractivity contribution in [1.29, 1.82) is 0 Å². The number of hydrogen-bond donors (Lipinski definition) is 1. The number of rotatable bonds is 2. The van der Waals surface area contributed by atoms with Crippen molar-refractivity contribution in [3.05, 3.63) is 0 Å². The molecule has 0 unspecified atom stereocenters. The van der Waals surface area contributed by atoms with Crippen LogP contribution in [-0.4, -0.2) is 30.4 Å². The first-order chi connectivity index (χ1) is 6.45. The Kier molecular flexibility index (Phi) is 4.35. The summed E-state index contributed by atoms with van der Waals surface area (Å²) in [4.78, 5) is 13.7. The largest absolute Gasteiger partial charge is 0.344 e. The summed E-state index contributed by atoms with van der Waals surface area (Å²) in [5.41, 5.74) is 5.86. The van der Waals surface area contributed by atoms with Gasteiger partial charge < -0.3 is 10.6 Å². The van der Waals surface area contributed by atoms with Crippen molar-refractivity contribution >= 4 is 5.91 Å². The van der Waals surface area contributed by atoms with E-state index < -0.39 is 6.04 Å². The minimum absolute atomic E-state index is 0.0254. The molecule has 3 nitrogen and oxygen atoms in total. The molecular formula is C12H26N2O. The van der Waals surface area contributed by atoms with Crippen molar-refractivity contribution in [2.45, 2.75) is 47.6 Å². The smallest absolute Gasteiger partial charge is 0.239 e. The summed E-state index contributed by atoms with van der Waals surface area (Å²) in [6.45, 7) is 13.0. The van der Waals surface area contributed by atoms with Gasteiger partial charge in [-0.3, -0.25) is 4.79 Å². The number of nitrogens with two attached hydrogens (primary N) is 1. The van der Waals surface area contributed by atoms with E-state index in [4.69, 9.17) is 5.73 Å². The van der Waals surface area contributed by atoms with E-state index in [0.29, 0.717) is 0 Å². The molecule has 0 heterocycles. The Morgan fingerprint density at radius 1 is 1.20 bits per heavy atom. The van der Waals surface area contributed by atoms with Crippen molar-refractivity contribution in [2.24, 2.45) is 16.6 Å². The lowest BCUT2D eigenvalue weighted by molar-refractivity contribution is -0.134. The van der Waals surface area contributed by atoms with Crippen LogP contribution in [0.2, 0.25) is 0 Å². The quantitative estimate of drug-likeness (QED) is 0.762. The van der Waals surface area contributed by atoms with E-state index >= 15 is 0 Å². The van der Waals surface area contributed by atoms with E-state index in [-0.39, 0.29) is 16.7 Å². The van der Waals surface area contributed by atoms with Gasteiger partial charge in [-0.15, -0.1) is 0 Å². The van der Waals surface area contributed by atoms with E-state index in [1.54, 1.807) is 4.90 Å². The molecule has 0 rings (SSSR count).